The van der Waals surface area contributed by atoms with Gasteiger partial charge in [0, 0.05) is 0 Å². The molecule has 1 amide bonds. The van der Waals surface area contributed by atoms with Gasteiger partial charge in [0.2, 0.25) is 0 Å². The molecule has 4 nitrogen and oxygen atoms in total. The molecule has 1 saturated heterocycles. The number of fused-ring (bicyclic) bond motifs is 3. The van der Waals surface area contributed by atoms with E-state index in [1.165, 1.54) is 21.8 Å². The van der Waals surface area contributed by atoms with Crippen molar-refractivity contribution in [3.8, 4) is 0 Å². The van der Waals surface area contributed by atoms with E-state index in [9.17, 15) is 9.90 Å². The van der Waals surface area contributed by atoms with Gasteiger partial charge in [0.15, 0.2) is 0 Å². The zero-order valence-corrected chi connectivity index (χ0v) is 17.1. The summed E-state index contributed by atoms with van der Waals surface area (Å²) in [5, 5.41) is 11.2. The third kappa shape index (κ3) is 2.92. The van der Waals surface area contributed by atoms with Crippen LogP contribution in [0.5, 0.6) is 0 Å². The standard InChI is InChI=1S/C23H33NO3/c1-15(2)16-6-8-19-17(12-16)7-9-20-22(19,3)10-5-11-23(20,4)21(26)24-13-18(25)14-27-24/h6,8,12,15,18,20,25H,5,7,9-11,13-14H2,1-4H3/t18-,20+,22+,23+/m0/s1. The van der Waals surface area contributed by atoms with Crippen molar-refractivity contribution in [1.29, 1.82) is 0 Å². The van der Waals surface area contributed by atoms with Gasteiger partial charge in [-0.3, -0.25) is 9.63 Å². The summed E-state index contributed by atoms with van der Waals surface area (Å²) in [5.74, 6) is 0.917. The van der Waals surface area contributed by atoms with Crippen LogP contribution in [0.25, 0.3) is 0 Å². The number of hydrogen-bond donors (Lipinski definition) is 1. The van der Waals surface area contributed by atoms with Crippen molar-refractivity contribution in [2.24, 2.45) is 11.3 Å². The molecule has 4 rings (SSSR count). The fourth-order valence-corrected chi connectivity index (χ4v) is 6.03. The summed E-state index contributed by atoms with van der Waals surface area (Å²) in [6, 6.07) is 7.02. The number of rotatable bonds is 2. The Hall–Kier alpha value is -1.39. The minimum atomic E-state index is -0.561. The lowest BCUT2D eigenvalue weighted by molar-refractivity contribution is -0.187. The van der Waals surface area contributed by atoms with Gasteiger partial charge in [-0.05, 0) is 59.6 Å². The molecular weight excluding hydrogens is 338 g/mol. The van der Waals surface area contributed by atoms with E-state index >= 15 is 0 Å². The first-order valence-electron chi connectivity index (χ1n) is 10.5. The molecule has 2 aliphatic carbocycles. The van der Waals surface area contributed by atoms with E-state index in [2.05, 4.69) is 45.9 Å². The Labute approximate surface area is 162 Å². The van der Waals surface area contributed by atoms with Gasteiger partial charge in [-0.1, -0.05) is 52.3 Å². The Morgan fingerprint density at radius 1 is 1.30 bits per heavy atom. The first kappa shape index (κ1) is 18.9. The topological polar surface area (TPSA) is 49.8 Å². The van der Waals surface area contributed by atoms with Gasteiger partial charge in [0.05, 0.1) is 18.1 Å². The van der Waals surface area contributed by atoms with E-state index in [0.717, 1.165) is 32.1 Å². The van der Waals surface area contributed by atoms with Gasteiger partial charge in [-0.2, -0.15) is 0 Å². The summed E-state index contributed by atoms with van der Waals surface area (Å²) >= 11 is 0. The number of nitrogens with zero attached hydrogens (tertiary/aromatic N) is 1. The number of carbonyl (C=O) groups is 1. The summed E-state index contributed by atoms with van der Waals surface area (Å²) < 4.78 is 0. The van der Waals surface area contributed by atoms with Crippen LogP contribution in [0.2, 0.25) is 0 Å². The average molecular weight is 372 g/mol. The predicted molar refractivity (Wildman–Crippen MR) is 105 cm³/mol. The normalized spacial score (nSPS) is 35.9. The number of aliphatic hydroxyl groups excluding tert-OH is 1. The number of hydroxylamine groups is 2. The number of benzene rings is 1. The molecule has 0 bridgehead atoms. The molecule has 148 valence electrons. The molecule has 1 saturated carbocycles. The highest BCUT2D eigenvalue weighted by molar-refractivity contribution is 5.82. The molecule has 1 heterocycles. The number of amides is 1. The van der Waals surface area contributed by atoms with Crippen LogP contribution in [-0.2, 0) is 21.5 Å². The summed E-state index contributed by atoms with van der Waals surface area (Å²) in [7, 11) is 0. The van der Waals surface area contributed by atoms with E-state index in [1.54, 1.807) is 0 Å². The first-order chi connectivity index (χ1) is 12.8. The van der Waals surface area contributed by atoms with Crippen molar-refractivity contribution >= 4 is 5.91 Å². The SMILES string of the molecule is CC(C)c1ccc2c(c1)CC[C@H]1[C@](C)(C(=O)N3C[C@H](O)CO3)CCC[C@]21C. The van der Waals surface area contributed by atoms with Crippen molar-refractivity contribution in [2.75, 3.05) is 13.2 Å². The number of carbonyl (C=O) groups excluding carboxylic acids is 1. The summed E-state index contributed by atoms with van der Waals surface area (Å²) in [6.07, 6.45) is 4.62. The molecule has 27 heavy (non-hydrogen) atoms. The summed E-state index contributed by atoms with van der Waals surface area (Å²) in [6.45, 7) is 9.52. The Balaban J connectivity index is 1.69. The van der Waals surface area contributed by atoms with Gasteiger partial charge in [-0.15, -0.1) is 0 Å². The van der Waals surface area contributed by atoms with Crippen LogP contribution < -0.4 is 0 Å². The van der Waals surface area contributed by atoms with Crippen LogP contribution in [0.3, 0.4) is 0 Å². The minimum absolute atomic E-state index is 0.0318. The molecule has 4 atom stereocenters. The second kappa shape index (κ2) is 6.59. The second-order valence-electron chi connectivity index (χ2n) is 9.67. The van der Waals surface area contributed by atoms with Crippen LogP contribution in [0, 0.1) is 11.3 Å². The maximum Gasteiger partial charge on any atom is 0.252 e. The van der Waals surface area contributed by atoms with Crippen LogP contribution in [0.4, 0.5) is 0 Å². The Bertz CT molecular complexity index is 745. The van der Waals surface area contributed by atoms with Crippen LogP contribution in [-0.4, -0.2) is 35.3 Å². The van der Waals surface area contributed by atoms with Crippen LogP contribution in [0.1, 0.15) is 76.0 Å². The van der Waals surface area contributed by atoms with Crippen LogP contribution in [0.15, 0.2) is 18.2 Å². The van der Waals surface area contributed by atoms with Crippen molar-refractivity contribution in [1.82, 2.24) is 5.06 Å². The highest BCUT2D eigenvalue weighted by Gasteiger charge is 2.56. The highest BCUT2D eigenvalue weighted by Crippen LogP contribution is 2.58. The Kier molecular flexibility index (Phi) is 4.63. The third-order valence-electron chi connectivity index (χ3n) is 7.56. The molecule has 1 N–H and O–H groups in total. The molecule has 1 aromatic carbocycles. The minimum Gasteiger partial charge on any atom is -0.389 e. The average Bonchev–Trinajstić information content (AvgIpc) is 3.06. The van der Waals surface area contributed by atoms with E-state index in [1.807, 2.05) is 0 Å². The van der Waals surface area contributed by atoms with Crippen LogP contribution >= 0.6 is 0 Å². The first-order valence-corrected chi connectivity index (χ1v) is 10.5. The second-order valence-corrected chi connectivity index (χ2v) is 9.67. The van der Waals surface area contributed by atoms with E-state index in [4.69, 9.17) is 4.84 Å². The molecule has 0 unspecified atom stereocenters. The maximum absolute atomic E-state index is 13.4. The predicted octanol–water partition coefficient (Wildman–Crippen LogP) is 3.96. The lowest BCUT2D eigenvalue weighted by Crippen LogP contribution is -2.55. The van der Waals surface area contributed by atoms with Crippen molar-refractivity contribution in [3.63, 3.8) is 0 Å². The highest BCUT2D eigenvalue weighted by atomic mass is 16.7. The third-order valence-corrected chi connectivity index (χ3v) is 7.56. The molecule has 0 spiro atoms. The Morgan fingerprint density at radius 2 is 2.07 bits per heavy atom. The molecular formula is C23H33NO3. The monoisotopic (exact) mass is 371 g/mol. The van der Waals surface area contributed by atoms with Gasteiger partial charge in [-0.25, -0.2) is 5.06 Å². The van der Waals surface area contributed by atoms with Crippen molar-refractivity contribution < 1.29 is 14.7 Å². The molecule has 1 aromatic rings. The molecule has 1 aliphatic heterocycles. The molecule has 2 fully saturated rings. The van der Waals surface area contributed by atoms with Gasteiger partial charge in [0.1, 0.15) is 6.61 Å². The summed E-state index contributed by atoms with van der Waals surface area (Å²) in [4.78, 5) is 18.9. The quantitative estimate of drug-likeness (QED) is 0.856. The van der Waals surface area contributed by atoms with Gasteiger partial charge >= 0.3 is 0 Å². The number of hydrogen-bond acceptors (Lipinski definition) is 3. The lowest BCUT2D eigenvalue weighted by atomic mass is 9.49. The number of β-amino-alcohol motifs (C(OH)–C–C–N with tert-alkyl or cyclic N) is 1. The Morgan fingerprint density at radius 3 is 2.74 bits per heavy atom. The van der Waals surface area contributed by atoms with E-state index < -0.39 is 11.5 Å². The van der Waals surface area contributed by atoms with Gasteiger partial charge < -0.3 is 5.11 Å². The van der Waals surface area contributed by atoms with Gasteiger partial charge in [0.25, 0.3) is 5.91 Å². The maximum atomic E-state index is 13.4. The smallest absolute Gasteiger partial charge is 0.252 e. The van der Waals surface area contributed by atoms with E-state index in [0.29, 0.717) is 18.4 Å². The zero-order valence-electron chi connectivity index (χ0n) is 17.1. The van der Waals surface area contributed by atoms with E-state index in [-0.39, 0.29) is 17.9 Å². The van der Waals surface area contributed by atoms with Crippen molar-refractivity contribution in [2.45, 2.75) is 77.2 Å². The molecule has 0 radical (unpaired) electrons. The largest absolute Gasteiger partial charge is 0.389 e. The summed E-state index contributed by atoms with van der Waals surface area (Å²) in [5.41, 5.74) is 3.94. The fourth-order valence-electron chi connectivity index (χ4n) is 6.03. The van der Waals surface area contributed by atoms with Crippen molar-refractivity contribution in [3.05, 3.63) is 34.9 Å². The fraction of sp³-hybridized carbons (Fsp3) is 0.696. The zero-order chi connectivity index (χ0) is 19.4. The molecule has 3 aliphatic rings. The molecule has 0 aromatic heterocycles. The number of aliphatic hydroxyl groups is 1. The lowest BCUT2D eigenvalue weighted by Gasteiger charge is -2.55. The number of aryl methyl sites for hydroxylation is 1. The molecule has 4 heteroatoms.